The molecule has 31 heavy (non-hydrogen) atoms. The Bertz CT molecular complexity index is 1350. The third-order valence-corrected chi connectivity index (χ3v) is 8.28. The Kier molecular flexibility index (Phi) is 5.13. The molecule has 0 bridgehead atoms. The van der Waals surface area contributed by atoms with E-state index >= 15 is 0 Å². The van der Waals surface area contributed by atoms with Crippen LogP contribution in [0.15, 0.2) is 90.2 Å². The monoisotopic (exact) mass is 449 g/mol. The highest BCUT2D eigenvalue weighted by Crippen LogP contribution is 2.34. The van der Waals surface area contributed by atoms with Gasteiger partial charge in [0.15, 0.2) is 5.78 Å². The highest BCUT2D eigenvalue weighted by Gasteiger charge is 2.33. The molecule has 1 saturated heterocycles. The van der Waals surface area contributed by atoms with Gasteiger partial charge in [-0.15, -0.1) is 11.8 Å². The van der Waals surface area contributed by atoms with E-state index in [9.17, 15) is 13.2 Å². The lowest BCUT2D eigenvalue weighted by Gasteiger charge is -2.12. The lowest BCUT2D eigenvalue weighted by atomic mass is 10.0. The number of hydrogen-bond acceptors (Lipinski definition) is 6. The molecule has 5 rings (SSSR count). The molecule has 1 N–H and O–H groups in total. The molecule has 0 amide bonds. The molecule has 1 aliphatic rings. The number of nitrogens with zero attached hydrogens (tertiary/aromatic N) is 2. The summed E-state index contributed by atoms with van der Waals surface area (Å²) in [7, 11) is -3.82. The maximum atomic E-state index is 13.4. The number of benzene rings is 2. The number of hydrogen-bond donors (Lipinski definition) is 1. The smallest absolute Gasteiger partial charge is 0.268 e. The standard InChI is InChI=1S/C23H19N3O3S2/c27-22(20-15-30-23(25-20)16-7-6-12-24-13-16)19-14-26(21-11-5-4-10-18(19)21)31(28,29)17-8-2-1-3-9-17/h1-14,20,23,25H,15H2. The van der Waals surface area contributed by atoms with Gasteiger partial charge in [0.25, 0.3) is 10.0 Å². The average molecular weight is 450 g/mol. The van der Waals surface area contributed by atoms with Crippen LogP contribution in [0.3, 0.4) is 0 Å². The van der Waals surface area contributed by atoms with Gasteiger partial charge in [-0.05, 0) is 29.8 Å². The molecule has 8 heteroatoms. The molecule has 0 radical (unpaired) electrons. The summed E-state index contributed by atoms with van der Waals surface area (Å²) in [6, 6.07) is 18.8. The van der Waals surface area contributed by atoms with Crippen LogP contribution in [0.4, 0.5) is 0 Å². The van der Waals surface area contributed by atoms with E-state index in [0.29, 0.717) is 22.2 Å². The Morgan fingerprint density at radius 3 is 2.58 bits per heavy atom. The molecule has 2 aromatic heterocycles. The summed E-state index contributed by atoms with van der Waals surface area (Å²) in [5.41, 5.74) is 1.90. The molecule has 2 unspecified atom stereocenters. The summed E-state index contributed by atoms with van der Waals surface area (Å²) in [4.78, 5) is 17.7. The highest BCUT2D eigenvalue weighted by molar-refractivity contribution is 7.99. The van der Waals surface area contributed by atoms with E-state index in [0.717, 1.165) is 5.56 Å². The molecule has 156 valence electrons. The molecular weight excluding hydrogens is 430 g/mol. The lowest BCUT2D eigenvalue weighted by Crippen LogP contribution is -2.34. The molecule has 1 fully saturated rings. The minimum atomic E-state index is -3.82. The van der Waals surface area contributed by atoms with Crippen LogP contribution in [-0.4, -0.2) is 35.0 Å². The van der Waals surface area contributed by atoms with Gasteiger partial charge in [0.1, 0.15) is 0 Å². The fourth-order valence-electron chi connectivity index (χ4n) is 3.79. The number of nitrogens with one attached hydrogen (secondary N) is 1. The normalized spacial score (nSPS) is 19.0. The Labute approximate surface area is 184 Å². The average Bonchev–Trinajstić information content (AvgIpc) is 3.46. The van der Waals surface area contributed by atoms with Crippen molar-refractivity contribution in [3.05, 3.63) is 96.4 Å². The van der Waals surface area contributed by atoms with Crippen molar-refractivity contribution in [3.8, 4) is 0 Å². The van der Waals surface area contributed by atoms with Crippen LogP contribution in [-0.2, 0) is 10.0 Å². The zero-order valence-electron chi connectivity index (χ0n) is 16.4. The summed E-state index contributed by atoms with van der Waals surface area (Å²) in [6.45, 7) is 0. The number of rotatable bonds is 5. The van der Waals surface area contributed by atoms with Crippen molar-refractivity contribution in [2.75, 3.05) is 5.75 Å². The quantitative estimate of drug-likeness (QED) is 0.466. The second-order valence-electron chi connectivity index (χ2n) is 7.26. The maximum absolute atomic E-state index is 13.4. The molecule has 2 atom stereocenters. The predicted octanol–water partition coefficient (Wildman–Crippen LogP) is 3.86. The summed E-state index contributed by atoms with van der Waals surface area (Å²) >= 11 is 1.64. The number of carbonyl (C=O) groups excluding carboxylic acids is 1. The zero-order chi connectivity index (χ0) is 21.4. The fourth-order valence-corrected chi connectivity index (χ4v) is 6.40. The topological polar surface area (TPSA) is 81.1 Å². The van der Waals surface area contributed by atoms with E-state index in [-0.39, 0.29) is 16.1 Å². The fraction of sp³-hybridized carbons (Fsp3) is 0.130. The number of carbonyl (C=O) groups is 1. The van der Waals surface area contributed by atoms with Crippen LogP contribution in [0.1, 0.15) is 21.3 Å². The minimum Gasteiger partial charge on any atom is -0.292 e. The molecule has 2 aromatic carbocycles. The summed E-state index contributed by atoms with van der Waals surface area (Å²) in [6.07, 6.45) is 4.96. The first kappa shape index (κ1) is 20.0. The summed E-state index contributed by atoms with van der Waals surface area (Å²) in [5, 5.41) is 3.97. The van der Waals surface area contributed by atoms with Crippen molar-refractivity contribution in [3.63, 3.8) is 0 Å². The number of Topliss-reactive ketones (excluding diaryl/α,β-unsaturated/α-hetero) is 1. The molecule has 3 heterocycles. The summed E-state index contributed by atoms with van der Waals surface area (Å²) < 4.78 is 27.7. The van der Waals surface area contributed by atoms with Crippen molar-refractivity contribution in [2.24, 2.45) is 0 Å². The first-order valence-corrected chi connectivity index (χ1v) is 12.3. The zero-order valence-corrected chi connectivity index (χ0v) is 18.0. The predicted molar refractivity (Wildman–Crippen MR) is 122 cm³/mol. The number of para-hydroxylation sites is 1. The van der Waals surface area contributed by atoms with Crippen molar-refractivity contribution in [2.45, 2.75) is 16.3 Å². The number of aromatic nitrogens is 2. The van der Waals surface area contributed by atoms with Gasteiger partial charge in [0.05, 0.1) is 21.8 Å². The highest BCUT2D eigenvalue weighted by atomic mass is 32.2. The van der Waals surface area contributed by atoms with Gasteiger partial charge in [-0.25, -0.2) is 12.4 Å². The third kappa shape index (κ3) is 3.56. The van der Waals surface area contributed by atoms with Gasteiger partial charge in [0.2, 0.25) is 0 Å². The Morgan fingerprint density at radius 2 is 1.81 bits per heavy atom. The van der Waals surface area contributed by atoms with Gasteiger partial charge < -0.3 is 0 Å². The molecular formula is C23H19N3O3S2. The van der Waals surface area contributed by atoms with Crippen LogP contribution in [0.2, 0.25) is 0 Å². The van der Waals surface area contributed by atoms with Crippen LogP contribution in [0.5, 0.6) is 0 Å². The van der Waals surface area contributed by atoms with E-state index in [2.05, 4.69) is 10.3 Å². The van der Waals surface area contributed by atoms with Crippen molar-refractivity contribution in [1.29, 1.82) is 0 Å². The number of pyridine rings is 1. The molecule has 6 nitrogen and oxygen atoms in total. The SMILES string of the molecule is O=C(c1cn(S(=O)(=O)c2ccccc2)c2ccccc12)C1CSC(c2cccnc2)N1. The van der Waals surface area contributed by atoms with Crippen molar-refractivity contribution >= 4 is 38.5 Å². The second kappa shape index (κ2) is 7.96. The van der Waals surface area contributed by atoms with E-state index in [1.165, 1.54) is 10.2 Å². The van der Waals surface area contributed by atoms with Gasteiger partial charge in [-0.1, -0.05) is 42.5 Å². The number of ketones is 1. The third-order valence-electron chi connectivity index (χ3n) is 5.33. The molecule has 0 saturated carbocycles. The lowest BCUT2D eigenvalue weighted by molar-refractivity contribution is 0.0957. The van der Waals surface area contributed by atoms with Crippen LogP contribution < -0.4 is 5.32 Å². The number of fused-ring (bicyclic) bond motifs is 1. The van der Waals surface area contributed by atoms with Gasteiger partial charge in [-0.2, -0.15) is 0 Å². The molecule has 4 aromatic rings. The first-order chi connectivity index (χ1) is 15.1. The minimum absolute atomic E-state index is 0.0240. The van der Waals surface area contributed by atoms with Crippen LogP contribution in [0.25, 0.3) is 10.9 Å². The Hall–Kier alpha value is -2.94. The Morgan fingerprint density at radius 1 is 1.03 bits per heavy atom. The van der Waals surface area contributed by atoms with Crippen molar-refractivity contribution in [1.82, 2.24) is 14.3 Å². The van der Waals surface area contributed by atoms with E-state index in [1.807, 2.05) is 18.2 Å². The van der Waals surface area contributed by atoms with Crippen LogP contribution in [0, 0.1) is 0 Å². The second-order valence-corrected chi connectivity index (χ2v) is 10.2. The Balaban J connectivity index is 1.52. The van der Waals surface area contributed by atoms with Crippen LogP contribution >= 0.6 is 11.8 Å². The van der Waals surface area contributed by atoms with Gasteiger partial charge in [-0.3, -0.25) is 15.1 Å². The van der Waals surface area contributed by atoms with Gasteiger partial charge >= 0.3 is 0 Å². The van der Waals surface area contributed by atoms with Gasteiger partial charge in [0, 0.05) is 35.3 Å². The van der Waals surface area contributed by atoms with E-state index in [1.54, 1.807) is 72.7 Å². The number of thioether (sulfide) groups is 1. The van der Waals surface area contributed by atoms with E-state index in [4.69, 9.17) is 0 Å². The molecule has 1 aliphatic heterocycles. The largest absolute Gasteiger partial charge is 0.292 e. The first-order valence-electron chi connectivity index (χ1n) is 9.78. The molecule has 0 aliphatic carbocycles. The maximum Gasteiger partial charge on any atom is 0.268 e. The molecule has 0 spiro atoms. The van der Waals surface area contributed by atoms with Crippen molar-refractivity contribution < 1.29 is 13.2 Å². The summed E-state index contributed by atoms with van der Waals surface area (Å²) in [5.74, 6) is 0.487. The van der Waals surface area contributed by atoms with E-state index < -0.39 is 16.1 Å².